The highest BCUT2D eigenvalue weighted by molar-refractivity contribution is 7.89. The number of hydrogen-bond acceptors (Lipinski definition) is 6. The first-order valence-corrected chi connectivity index (χ1v) is 10.8. The van der Waals surface area contributed by atoms with Gasteiger partial charge < -0.3 is 5.32 Å². The molecule has 1 aromatic heterocycles. The van der Waals surface area contributed by atoms with Crippen LogP contribution in [-0.4, -0.2) is 41.3 Å². The summed E-state index contributed by atoms with van der Waals surface area (Å²) in [5, 5.41) is 6.85. The summed E-state index contributed by atoms with van der Waals surface area (Å²) in [4.78, 5) is 13.1. The Labute approximate surface area is 158 Å². The lowest BCUT2D eigenvalue weighted by atomic mass is 10.1. The highest BCUT2D eigenvalue weighted by atomic mass is 32.2. The van der Waals surface area contributed by atoms with Gasteiger partial charge in [0.25, 0.3) is 5.91 Å². The van der Waals surface area contributed by atoms with Crippen LogP contribution in [0, 0.1) is 0 Å². The Balaban J connectivity index is 2.14. The monoisotopic (exact) mass is 396 g/mol. The van der Waals surface area contributed by atoms with Gasteiger partial charge in [-0.2, -0.15) is 4.31 Å². The Kier molecular flexibility index (Phi) is 6.85. The van der Waals surface area contributed by atoms with Crippen molar-refractivity contribution in [2.45, 2.75) is 45.1 Å². The van der Waals surface area contributed by atoms with Gasteiger partial charge in [0.05, 0.1) is 16.6 Å². The van der Waals surface area contributed by atoms with Crippen LogP contribution in [-0.2, 0) is 16.4 Å². The zero-order valence-electron chi connectivity index (χ0n) is 15.4. The summed E-state index contributed by atoms with van der Waals surface area (Å²) in [6.45, 7) is 8.25. The molecular weight excluding hydrogens is 372 g/mol. The fraction of sp³-hybridized carbons (Fsp3) is 0.471. The Bertz CT molecular complexity index is 843. The van der Waals surface area contributed by atoms with E-state index in [1.807, 2.05) is 27.7 Å². The largest absolute Gasteiger partial charge is 0.345 e. The topological polar surface area (TPSA) is 92.3 Å². The van der Waals surface area contributed by atoms with E-state index in [1.54, 1.807) is 24.3 Å². The normalized spacial score (nSPS) is 13.0. The van der Waals surface area contributed by atoms with Crippen LogP contribution in [0.2, 0.25) is 0 Å². The maximum Gasteiger partial charge on any atom is 0.265 e. The van der Waals surface area contributed by atoms with Crippen molar-refractivity contribution in [3.05, 3.63) is 40.4 Å². The van der Waals surface area contributed by atoms with Crippen LogP contribution in [0.1, 0.15) is 54.7 Å². The minimum Gasteiger partial charge on any atom is -0.345 e. The lowest BCUT2D eigenvalue weighted by Crippen LogP contribution is -2.30. The molecule has 7 nitrogen and oxygen atoms in total. The molecular formula is C17H24N4O3S2. The second-order valence-electron chi connectivity index (χ2n) is 5.76. The lowest BCUT2D eigenvalue weighted by molar-refractivity contribution is 0.0943. The maximum absolute atomic E-state index is 12.5. The van der Waals surface area contributed by atoms with E-state index in [0.29, 0.717) is 30.1 Å². The molecule has 1 amide bonds. The van der Waals surface area contributed by atoms with Gasteiger partial charge in [0.15, 0.2) is 0 Å². The Morgan fingerprint density at radius 1 is 1.19 bits per heavy atom. The number of amides is 1. The SMILES string of the molecule is CCc1nnsc1C(=O)NC(C)c1ccc(S(=O)(=O)N(CC)CC)cc1. The van der Waals surface area contributed by atoms with Crippen molar-refractivity contribution in [2.24, 2.45) is 0 Å². The van der Waals surface area contributed by atoms with Crippen LogP contribution < -0.4 is 5.32 Å². The van der Waals surface area contributed by atoms with E-state index in [0.717, 1.165) is 17.1 Å². The van der Waals surface area contributed by atoms with Gasteiger partial charge in [-0.05, 0) is 42.6 Å². The smallest absolute Gasteiger partial charge is 0.265 e. The van der Waals surface area contributed by atoms with E-state index in [-0.39, 0.29) is 16.8 Å². The summed E-state index contributed by atoms with van der Waals surface area (Å²) in [6, 6.07) is 6.36. The molecule has 0 radical (unpaired) electrons. The minimum atomic E-state index is -3.48. The number of carbonyl (C=O) groups excluding carboxylic acids is 1. The quantitative estimate of drug-likeness (QED) is 0.740. The molecule has 26 heavy (non-hydrogen) atoms. The Hall–Kier alpha value is -1.84. The van der Waals surface area contributed by atoms with Gasteiger partial charge in [-0.25, -0.2) is 8.42 Å². The van der Waals surface area contributed by atoms with Crippen molar-refractivity contribution in [3.8, 4) is 0 Å². The molecule has 0 spiro atoms. The average Bonchev–Trinajstić information content (AvgIpc) is 3.11. The summed E-state index contributed by atoms with van der Waals surface area (Å²) in [5.41, 5.74) is 1.51. The van der Waals surface area contributed by atoms with E-state index >= 15 is 0 Å². The van der Waals surface area contributed by atoms with Crippen molar-refractivity contribution in [2.75, 3.05) is 13.1 Å². The molecule has 0 aliphatic carbocycles. The molecule has 9 heteroatoms. The Morgan fingerprint density at radius 3 is 2.35 bits per heavy atom. The molecule has 0 fully saturated rings. The predicted molar refractivity (Wildman–Crippen MR) is 102 cm³/mol. The fourth-order valence-corrected chi connectivity index (χ4v) is 4.71. The highest BCUT2D eigenvalue weighted by Gasteiger charge is 2.22. The number of sulfonamides is 1. The van der Waals surface area contributed by atoms with Gasteiger partial charge >= 0.3 is 0 Å². The third kappa shape index (κ3) is 4.28. The molecule has 1 heterocycles. The minimum absolute atomic E-state index is 0.218. The number of rotatable bonds is 8. The van der Waals surface area contributed by atoms with Crippen LogP contribution >= 0.6 is 11.5 Å². The highest BCUT2D eigenvalue weighted by Crippen LogP contribution is 2.20. The molecule has 0 aliphatic rings. The third-order valence-electron chi connectivity index (χ3n) is 4.17. The van der Waals surface area contributed by atoms with E-state index in [1.165, 1.54) is 4.31 Å². The van der Waals surface area contributed by atoms with Gasteiger partial charge in [-0.1, -0.05) is 37.4 Å². The number of nitrogens with zero attached hydrogens (tertiary/aromatic N) is 3. The van der Waals surface area contributed by atoms with Crippen LogP contribution in [0.5, 0.6) is 0 Å². The molecule has 0 aliphatic heterocycles. The molecule has 0 saturated carbocycles. The van der Waals surface area contributed by atoms with Crippen molar-refractivity contribution < 1.29 is 13.2 Å². The maximum atomic E-state index is 12.5. The molecule has 1 unspecified atom stereocenters. The first-order chi connectivity index (χ1) is 12.3. The van der Waals surface area contributed by atoms with E-state index < -0.39 is 10.0 Å². The number of benzene rings is 1. The molecule has 0 saturated heterocycles. The second-order valence-corrected chi connectivity index (χ2v) is 8.45. The van der Waals surface area contributed by atoms with Crippen LogP contribution in [0.25, 0.3) is 0 Å². The zero-order chi connectivity index (χ0) is 19.3. The summed E-state index contributed by atoms with van der Waals surface area (Å²) < 4.78 is 30.3. The van der Waals surface area contributed by atoms with Gasteiger partial charge in [-0.3, -0.25) is 4.79 Å². The van der Waals surface area contributed by atoms with Crippen molar-refractivity contribution in [3.63, 3.8) is 0 Å². The number of nitrogens with one attached hydrogen (secondary N) is 1. The molecule has 1 atom stereocenters. The zero-order valence-corrected chi connectivity index (χ0v) is 17.0. The Morgan fingerprint density at radius 2 is 1.81 bits per heavy atom. The first kappa shape index (κ1) is 20.5. The number of aromatic nitrogens is 2. The molecule has 142 valence electrons. The van der Waals surface area contributed by atoms with Crippen LogP contribution in [0.3, 0.4) is 0 Å². The molecule has 1 N–H and O–H groups in total. The summed E-state index contributed by atoms with van der Waals surface area (Å²) in [6.07, 6.45) is 0.644. The molecule has 1 aromatic carbocycles. The fourth-order valence-electron chi connectivity index (χ4n) is 2.60. The van der Waals surface area contributed by atoms with Gasteiger partial charge in [0.2, 0.25) is 10.0 Å². The van der Waals surface area contributed by atoms with Gasteiger partial charge in [-0.15, -0.1) is 5.10 Å². The van der Waals surface area contributed by atoms with Crippen LogP contribution in [0.15, 0.2) is 29.2 Å². The molecule has 2 aromatic rings. The molecule has 2 rings (SSSR count). The van der Waals surface area contributed by atoms with Crippen molar-refractivity contribution in [1.29, 1.82) is 0 Å². The van der Waals surface area contributed by atoms with E-state index in [4.69, 9.17) is 0 Å². The predicted octanol–water partition coefficient (Wildman–Crippen LogP) is 2.62. The summed E-state index contributed by atoms with van der Waals surface area (Å²) >= 11 is 1.08. The third-order valence-corrected chi connectivity index (χ3v) is 7.00. The first-order valence-electron chi connectivity index (χ1n) is 8.57. The summed E-state index contributed by atoms with van der Waals surface area (Å²) in [5.74, 6) is -0.218. The van der Waals surface area contributed by atoms with Gasteiger partial charge in [0, 0.05) is 13.1 Å². The number of hydrogen-bond donors (Lipinski definition) is 1. The average molecular weight is 397 g/mol. The second kappa shape index (κ2) is 8.70. The van der Waals surface area contributed by atoms with Gasteiger partial charge in [0.1, 0.15) is 4.88 Å². The summed E-state index contributed by atoms with van der Waals surface area (Å²) in [7, 11) is -3.48. The molecule has 0 bridgehead atoms. The van der Waals surface area contributed by atoms with E-state index in [2.05, 4.69) is 14.9 Å². The number of carbonyl (C=O) groups is 1. The van der Waals surface area contributed by atoms with Crippen molar-refractivity contribution in [1.82, 2.24) is 19.2 Å². The van der Waals surface area contributed by atoms with Crippen LogP contribution in [0.4, 0.5) is 0 Å². The lowest BCUT2D eigenvalue weighted by Gasteiger charge is -2.19. The number of aryl methyl sites for hydroxylation is 1. The standard InChI is InChI=1S/C17H24N4O3S2/c1-5-15-16(25-20-19-15)17(22)18-12(4)13-8-10-14(11-9-13)26(23,24)21(6-2)7-3/h8-12H,5-7H2,1-4H3,(H,18,22). The van der Waals surface area contributed by atoms with Crippen molar-refractivity contribution >= 4 is 27.5 Å². The van der Waals surface area contributed by atoms with E-state index in [9.17, 15) is 13.2 Å².